The lowest BCUT2D eigenvalue weighted by atomic mass is 9.77. The molecule has 0 bridgehead atoms. The molecule has 0 aliphatic rings. The van der Waals surface area contributed by atoms with E-state index in [1.807, 2.05) is 67.5 Å². The van der Waals surface area contributed by atoms with Gasteiger partial charge in [0.2, 0.25) is 0 Å². The van der Waals surface area contributed by atoms with Crippen LogP contribution in [0.5, 0.6) is 5.75 Å². The highest BCUT2D eigenvalue weighted by Crippen LogP contribution is 2.43. The van der Waals surface area contributed by atoms with Gasteiger partial charge in [0.05, 0.1) is 4.90 Å². The van der Waals surface area contributed by atoms with Crippen LogP contribution in [0, 0.1) is 6.92 Å². The van der Waals surface area contributed by atoms with E-state index >= 15 is 0 Å². The van der Waals surface area contributed by atoms with E-state index in [1.54, 1.807) is 24.3 Å². The average Bonchev–Trinajstić information content (AvgIpc) is 2.64. The highest BCUT2D eigenvalue weighted by Gasteiger charge is 2.31. The van der Waals surface area contributed by atoms with E-state index in [0.29, 0.717) is 12.2 Å². The van der Waals surface area contributed by atoms with Crippen LogP contribution in [0.4, 0.5) is 0 Å². The number of hydrogen-bond acceptors (Lipinski definition) is 5. The van der Waals surface area contributed by atoms with Crippen LogP contribution in [0.2, 0.25) is 0 Å². The number of ether oxygens (including phenoxy) is 1. The summed E-state index contributed by atoms with van der Waals surface area (Å²) in [4.78, 5) is 12.0. The molecule has 2 rings (SSSR count). The van der Waals surface area contributed by atoms with Gasteiger partial charge in [-0.3, -0.25) is 8.98 Å². The Hall–Kier alpha value is -2.18. The monoisotopic (exact) mass is 460 g/mol. The first-order chi connectivity index (χ1) is 14.6. The summed E-state index contributed by atoms with van der Waals surface area (Å²) in [6, 6.07) is 10.4. The van der Waals surface area contributed by atoms with Crippen LogP contribution in [-0.2, 0) is 29.9 Å². The number of carbonyl (C=O) groups is 1. The Kier molecular flexibility index (Phi) is 7.63. The van der Waals surface area contributed by atoms with Gasteiger partial charge in [0, 0.05) is 18.1 Å². The summed E-state index contributed by atoms with van der Waals surface area (Å²) < 4.78 is 37.3. The van der Waals surface area contributed by atoms with E-state index in [1.165, 1.54) is 6.92 Å². The molecule has 5 nitrogen and oxygen atoms in total. The Morgan fingerprint density at radius 1 is 0.938 bits per heavy atom. The average molecular weight is 461 g/mol. The molecule has 0 spiro atoms. The maximum Gasteiger partial charge on any atom is 0.308 e. The minimum Gasteiger partial charge on any atom is -0.426 e. The highest BCUT2D eigenvalue weighted by atomic mass is 32.2. The molecule has 2 aromatic carbocycles. The van der Waals surface area contributed by atoms with Crippen LogP contribution in [0.3, 0.4) is 0 Å². The smallest absolute Gasteiger partial charge is 0.308 e. The van der Waals surface area contributed by atoms with Crippen molar-refractivity contribution in [1.29, 1.82) is 0 Å². The Balaban J connectivity index is 2.66. The molecule has 176 valence electrons. The predicted octanol–water partition coefficient (Wildman–Crippen LogP) is 6.37. The molecule has 0 heterocycles. The Bertz CT molecular complexity index is 1030. The van der Waals surface area contributed by atoms with Gasteiger partial charge in [-0.2, -0.15) is 8.42 Å². The van der Waals surface area contributed by atoms with Crippen molar-refractivity contribution in [3.05, 3.63) is 58.7 Å². The van der Waals surface area contributed by atoms with Crippen LogP contribution in [0.25, 0.3) is 0 Å². The summed E-state index contributed by atoms with van der Waals surface area (Å²) in [5, 5.41) is 0. The predicted molar refractivity (Wildman–Crippen MR) is 128 cm³/mol. The van der Waals surface area contributed by atoms with Gasteiger partial charge >= 0.3 is 5.97 Å². The van der Waals surface area contributed by atoms with Crippen LogP contribution >= 0.6 is 0 Å². The highest BCUT2D eigenvalue weighted by molar-refractivity contribution is 7.86. The van der Waals surface area contributed by atoms with Gasteiger partial charge < -0.3 is 4.74 Å². The zero-order valence-electron chi connectivity index (χ0n) is 20.7. The Morgan fingerprint density at radius 3 is 1.78 bits per heavy atom. The third-order valence-electron chi connectivity index (χ3n) is 5.27. The molecular weight excluding hydrogens is 424 g/mol. The second kappa shape index (κ2) is 9.36. The number of esters is 1. The van der Waals surface area contributed by atoms with E-state index in [4.69, 9.17) is 8.92 Å². The summed E-state index contributed by atoms with van der Waals surface area (Å²) in [5.41, 5.74) is 2.72. The third-order valence-corrected chi connectivity index (χ3v) is 6.60. The van der Waals surface area contributed by atoms with Crippen molar-refractivity contribution in [1.82, 2.24) is 0 Å². The van der Waals surface area contributed by atoms with E-state index in [9.17, 15) is 13.2 Å². The van der Waals surface area contributed by atoms with Crippen molar-refractivity contribution in [2.75, 3.05) is 0 Å². The van der Waals surface area contributed by atoms with Crippen molar-refractivity contribution in [3.63, 3.8) is 0 Å². The summed E-state index contributed by atoms with van der Waals surface area (Å²) >= 11 is 0. The lowest BCUT2D eigenvalue weighted by Crippen LogP contribution is -2.22. The molecule has 0 N–H and O–H groups in total. The van der Waals surface area contributed by atoms with Crippen molar-refractivity contribution in [2.24, 2.45) is 0 Å². The zero-order valence-corrected chi connectivity index (χ0v) is 21.5. The van der Waals surface area contributed by atoms with Crippen molar-refractivity contribution in [3.8, 4) is 5.75 Å². The van der Waals surface area contributed by atoms with Crippen molar-refractivity contribution < 1.29 is 22.1 Å². The van der Waals surface area contributed by atoms with Crippen LogP contribution < -0.4 is 4.74 Å². The molecule has 0 amide bonds. The first kappa shape index (κ1) is 26.1. The van der Waals surface area contributed by atoms with Gasteiger partial charge in [-0.15, -0.1) is 0 Å². The van der Waals surface area contributed by atoms with Crippen molar-refractivity contribution in [2.45, 2.75) is 90.6 Å². The summed E-state index contributed by atoms with van der Waals surface area (Å²) in [6.45, 7) is 17.4. The fourth-order valence-corrected chi connectivity index (χ4v) is 4.61. The first-order valence-electron chi connectivity index (χ1n) is 10.9. The van der Waals surface area contributed by atoms with Gasteiger partial charge in [0.15, 0.2) is 0 Å². The van der Waals surface area contributed by atoms with Gasteiger partial charge in [-0.1, -0.05) is 66.2 Å². The van der Waals surface area contributed by atoms with E-state index < -0.39 is 16.2 Å². The quantitative estimate of drug-likeness (QED) is 0.284. The van der Waals surface area contributed by atoms with E-state index in [2.05, 4.69) is 0 Å². The molecule has 6 heteroatoms. The Labute approximate surface area is 193 Å². The number of aryl methyl sites for hydroxylation is 1. The standard InChI is InChI=1S/C26H36O5S/c1-10-23(31-32(28,29)20-13-11-17(2)12-14-20)19-15-21(25(4,5)6)24(30-18(3)27)22(16-19)26(7,8)9/h11-16,23H,10H2,1-9H3. The number of carbonyl (C=O) groups excluding carboxylic acids is 1. The molecule has 0 aliphatic carbocycles. The topological polar surface area (TPSA) is 69.7 Å². The van der Waals surface area contributed by atoms with E-state index in [-0.39, 0.29) is 21.7 Å². The number of rotatable bonds is 6. The van der Waals surface area contributed by atoms with Gasteiger partial charge in [0.1, 0.15) is 11.9 Å². The van der Waals surface area contributed by atoms with Gasteiger partial charge in [0.25, 0.3) is 10.1 Å². The van der Waals surface area contributed by atoms with Crippen LogP contribution in [-0.4, -0.2) is 14.4 Å². The second-order valence-electron chi connectivity index (χ2n) is 10.3. The minimum atomic E-state index is -3.95. The summed E-state index contributed by atoms with van der Waals surface area (Å²) in [6.07, 6.45) is -0.208. The molecule has 32 heavy (non-hydrogen) atoms. The second-order valence-corrected chi connectivity index (χ2v) is 11.9. The summed E-state index contributed by atoms with van der Waals surface area (Å²) in [5.74, 6) is 0.150. The van der Waals surface area contributed by atoms with Crippen LogP contribution in [0.1, 0.15) is 90.2 Å². The fourth-order valence-electron chi connectivity index (χ4n) is 3.48. The SMILES string of the molecule is CCC(OS(=O)(=O)c1ccc(C)cc1)c1cc(C(C)(C)C)c(OC(C)=O)c(C(C)(C)C)c1. The van der Waals surface area contributed by atoms with Gasteiger partial charge in [-0.05, 0) is 54.0 Å². The molecule has 0 fully saturated rings. The maximum atomic E-state index is 13.0. The van der Waals surface area contributed by atoms with Crippen molar-refractivity contribution >= 4 is 16.1 Å². The fraction of sp³-hybridized carbons (Fsp3) is 0.500. The lowest BCUT2D eigenvalue weighted by molar-refractivity contribution is -0.132. The molecular formula is C26H36O5S. The largest absolute Gasteiger partial charge is 0.426 e. The maximum absolute atomic E-state index is 13.0. The molecule has 2 aromatic rings. The molecule has 0 saturated heterocycles. The first-order valence-corrected chi connectivity index (χ1v) is 12.3. The normalized spacial score (nSPS) is 13.7. The van der Waals surface area contributed by atoms with Crippen LogP contribution in [0.15, 0.2) is 41.3 Å². The molecule has 0 aromatic heterocycles. The molecule has 0 radical (unpaired) electrons. The number of hydrogen-bond donors (Lipinski definition) is 0. The third kappa shape index (κ3) is 6.20. The molecule has 1 atom stereocenters. The molecule has 1 unspecified atom stereocenters. The summed E-state index contributed by atoms with van der Waals surface area (Å²) in [7, 11) is -3.95. The number of benzene rings is 2. The van der Waals surface area contributed by atoms with Gasteiger partial charge in [-0.25, -0.2) is 0 Å². The Morgan fingerprint density at radius 2 is 1.41 bits per heavy atom. The lowest BCUT2D eigenvalue weighted by Gasteiger charge is -2.31. The molecule has 0 saturated carbocycles. The van der Waals surface area contributed by atoms with E-state index in [0.717, 1.165) is 22.3 Å². The molecule has 0 aliphatic heterocycles. The zero-order chi connectivity index (χ0) is 24.5. The minimum absolute atomic E-state index is 0.130.